The van der Waals surface area contributed by atoms with Gasteiger partial charge in [0, 0.05) is 37.2 Å². The van der Waals surface area contributed by atoms with E-state index in [9.17, 15) is 0 Å². The molecule has 13 rings (SSSR count). The van der Waals surface area contributed by atoms with Crippen molar-refractivity contribution in [3.63, 3.8) is 0 Å². The summed E-state index contributed by atoms with van der Waals surface area (Å²) in [6, 6.07) is 83.5. The smallest absolute Gasteiger partial charge is 0.0726 e. The van der Waals surface area contributed by atoms with Gasteiger partial charge in [0.1, 0.15) is 0 Å². The van der Waals surface area contributed by atoms with Gasteiger partial charge in [-0.2, -0.15) is 0 Å². The summed E-state index contributed by atoms with van der Waals surface area (Å²) >= 11 is 1.88. The summed E-state index contributed by atoms with van der Waals surface area (Å²) in [4.78, 5) is 2.44. The Labute approximate surface area is 359 Å². The van der Waals surface area contributed by atoms with E-state index in [0.29, 0.717) is 0 Å². The van der Waals surface area contributed by atoms with Crippen LogP contribution in [0.3, 0.4) is 0 Å². The van der Waals surface area contributed by atoms with Gasteiger partial charge < -0.3 is 4.90 Å². The SMILES string of the molecule is c1ccc2c(c1)-c1ccccc1C21c2ccccc2-c2ccc(N(c3ccc(-c4ccc5ccccc5c4)cc3)c3ccc(-c4cccc5c4sc4ccccc45)cc3)cc21. The van der Waals surface area contributed by atoms with E-state index in [1.54, 1.807) is 0 Å². The van der Waals surface area contributed by atoms with Crippen LogP contribution >= 0.6 is 11.3 Å². The summed E-state index contributed by atoms with van der Waals surface area (Å²) in [5.41, 5.74) is 18.5. The molecule has 0 radical (unpaired) electrons. The molecule has 1 spiro atoms. The van der Waals surface area contributed by atoms with Gasteiger partial charge in [0.2, 0.25) is 0 Å². The van der Waals surface area contributed by atoms with E-state index in [4.69, 9.17) is 0 Å². The second kappa shape index (κ2) is 13.2. The summed E-state index contributed by atoms with van der Waals surface area (Å²) < 4.78 is 2.65. The number of fused-ring (bicyclic) bond motifs is 14. The number of hydrogen-bond acceptors (Lipinski definition) is 2. The van der Waals surface area contributed by atoms with Crippen molar-refractivity contribution in [2.24, 2.45) is 0 Å². The predicted molar refractivity (Wildman–Crippen MR) is 259 cm³/mol. The van der Waals surface area contributed by atoms with Crippen LogP contribution in [0.15, 0.2) is 224 Å². The normalized spacial score (nSPS) is 13.0. The predicted octanol–water partition coefficient (Wildman–Crippen LogP) is 16.4. The topological polar surface area (TPSA) is 3.24 Å². The van der Waals surface area contributed by atoms with E-state index in [-0.39, 0.29) is 0 Å². The molecule has 0 bridgehead atoms. The maximum atomic E-state index is 2.48. The number of anilines is 3. The quantitative estimate of drug-likeness (QED) is 0.168. The van der Waals surface area contributed by atoms with Gasteiger partial charge in [-0.25, -0.2) is 0 Å². The Morgan fingerprint density at radius 3 is 1.51 bits per heavy atom. The summed E-state index contributed by atoms with van der Waals surface area (Å²) in [6.07, 6.45) is 0. The number of benzene rings is 10. The Morgan fingerprint density at radius 2 is 0.820 bits per heavy atom. The van der Waals surface area contributed by atoms with E-state index in [1.165, 1.54) is 97.7 Å². The third kappa shape index (κ3) is 5.00. The Morgan fingerprint density at radius 1 is 0.311 bits per heavy atom. The van der Waals surface area contributed by atoms with Crippen LogP contribution in [0.25, 0.3) is 75.5 Å². The van der Waals surface area contributed by atoms with Gasteiger partial charge in [0.25, 0.3) is 0 Å². The lowest BCUT2D eigenvalue weighted by atomic mass is 9.70. The van der Waals surface area contributed by atoms with E-state index in [0.717, 1.165) is 17.1 Å². The number of hydrogen-bond donors (Lipinski definition) is 0. The zero-order valence-electron chi connectivity index (χ0n) is 33.2. The second-order valence-corrected chi connectivity index (χ2v) is 17.4. The van der Waals surface area contributed by atoms with E-state index in [2.05, 4.69) is 229 Å². The highest BCUT2D eigenvalue weighted by Crippen LogP contribution is 2.63. The number of rotatable bonds is 5. The molecule has 284 valence electrons. The molecular weight excluding hydrogens is 755 g/mol. The van der Waals surface area contributed by atoms with Crippen molar-refractivity contribution in [2.75, 3.05) is 4.90 Å². The number of thiophene rings is 1. The Bertz CT molecular complexity index is 3470. The van der Waals surface area contributed by atoms with Crippen molar-refractivity contribution in [2.45, 2.75) is 5.41 Å². The van der Waals surface area contributed by atoms with Gasteiger partial charge in [-0.05, 0) is 126 Å². The fourth-order valence-electron chi connectivity index (χ4n) is 10.6. The Hall–Kier alpha value is -7.52. The van der Waals surface area contributed by atoms with Crippen LogP contribution in [0, 0.1) is 0 Å². The first-order valence-electron chi connectivity index (χ1n) is 21.1. The highest BCUT2D eigenvalue weighted by Gasteiger charge is 2.51. The van der Waals surface area contributed by atoms with E-state index in [1.807, 2.05) is 11.3 Å². The molecule has 0 fully saturated rings. The lowest BCUT2D eigenvalue weighted by Gasteiger charge is -2.32. The Kier molecular flexibility index (Phi) is 7.46. The van der Waals surface area contributed by atoms with Crippen LogP contribution in [0.1, 0.15) is 22.3 Å². The zero-order valence-corrected chi connectivity index (χ0v) is 34.0. The molecule has 2 aliphatic rings. The van der Waals surface area contributed by atoms with Crippen molar-refractivity contribution in [1.82, 2.24) is 0 Å². The minimum atomic E-state index is -0.423. The molecule has 2 heteroatoms. The summed E-state index contributed by atoms with van der Waals surface area (Å²) in [6.45, 7) is 0. The molecule has 0 saturated carbocycles. The molecule has 0 atom stereocenters. The minimum absolute atomic E-state index is 0.423. The van der Waals surface area contributed by atoms with Crippen molar-refractivity contribution >= 4 is 59.3 Å². The molecule has 0 amide bonds. The van der Waals surface area contributed by atoms with Gasteiger partial charge in [-0.1, -0.05) is 176 Å². The van der Waals surface area contributed by atoms with Crippen molar-refractivity contribution in [3.8, 4) is 44.5 Å². The van der Waals surface area contributed by atoms with Gasteiger partial charge in [-0.15, -0.1) is 11.3 Å². The van der Waals surface area contributed by atoms with Crippen LogP contribution in [-0.4, -0.2) is 0 Å². The molecule has 1 heterocycles. The van der Waals surface area contributed by atoms with Crippen molar-refractivity contribution in [3.05, 3.63) is 247 Å². The van der Waals surface area contributed by atoms with Gasteiger partial charge in [0.15, 0.2) is 0 Å². The van der Waals surface area contributed by atoms with E-state index >= 15 is 0 Å². The molecule has 0 N–H and O–H groups in total. The maximum Gasteiger partial charge on any atom is 0.0726 e. The fraction of sp³-hybridized carbons (Fsp3) is 0.0169. The zero-order chi connectivity index (χ0) is 40.1. The molecule has 11 aromatic rings. The highest BCUT2D eigenvalue weighted by atomic mass is 32.1. The van der Waals surface area contributed by atoms with Crippen LogP contribution in [0.5, 0.6) is 0 Å². The molecule has 0 aliphatic heterocycles. The fourth-order valence-corrected chi connectivity index (χ4v) is 11.8. The molecule has 0 saturated heterocycles. The average molecular weight is 792 g/mol. The summed E-state index contributed by atoms with van der Waals surface area (Å²) in [5.74, 6) is 0. The Balaban J connectivity index is 0.991. The lowest BCUT2D eigenvalue weighted by Crippen LogP contribution is -2.26. The molecule has 2 aliphatic carbocycles. The van der Waals surface area contributed by atoms with E-state index < -0.39 is 5.41 Å². The first-order chi connectivity index (χ1) is 30.2. The number of nitrogens with zero attached hydrogens (tertiary/aromatic N) is 1. The highest BCUT2D eigenvalue weighted by molar-refractivity contribution is 7.26. The molecular formula is C59H37NS. The van der Waals surface area contributed by atoms with Crippen LogP contribution in [0.2, 0.25) is 0 Å². The maximum absolute atomic E-state index is 2.48. The average Bonchev–Trinajstić information content (AvgIpc) is 3.96. The molecule has 10 aromatic carbocycles. The summed E-state index contributed by atoms with van der Waals surface area (Å²) in [5, 5.41) is 5.15. The third-order valence-electron chi connectivity index (χ3n) is 13.3. The monoisotopic (exact) mass is 791 g/mol. The molecule has 0 unspecified atom stereocenters. The van der Waals surface area contributed by atoms with Gasteiger partial charge >= 0.3 is 0 Å². The molecule has 1 nitrogen and oxygen atoms in total. The van der Waals surface area contributed by atoms with Crippen LogP contribution in [-0.2, 0) is 5.41 Å². The lowest BCUT2D eigenvalue weighted by molar-refractivity contribution is 0.793. The first-order valence-corrected chi connectivity index (χ1v) is 21.9. The summed E-state index contributed by atoms with van der Waals surface area (Å²) in [7, 11) is 0. The third-order valence-corrected chi connectivity index (χ3v) is 14.5. The largest absolute Gasteiger partial charge is 0.310 e. The molecule has 1 aromatic heterocycles. The van der Waals surface area contributed by atoms with Gasteiger partial charge in [0.05, 0.1) is 5.41 Å². The first kappa shape index (κ1) is 34.4. The second-order valence-electron chi connectivity index (χ2n) is 16.4. The van der Waals surface area contributed by atoms with Crippen LogP contribution in [0.4, 0.5) is 17.1 Å². The van der Waals surface area contributed by atoms with Crippen molar-refractivity contribution < 1.29 is 0 Å². The molecule has 61 heavy (non-hydrogen) atoms. The standard InChI is InChI=1S/C59H37NS/c1-2-13-41-36-42(25-24-38(41)12-1)39-26-30-43(31-27-39)60(44-32-28-40(29-33-44)46-18-11-19-52-51-17-6-10-23-57(51)61-58(46)52)45-34-35-50-49-16-5-9-22-55(49)59(56(50)37-45)53-20-7-3-14-47(53)48-15-4-8-21-54(48)59/h1-37H. The van der Waals surface area contributed by atoms with Crippen molar-refractivity contribution in [1.29, 1.82) is 0 Å². The minimum Gasteiger partial charge on any atom is -0.310 e. The van der Waals surface area contributed by atoms with Crippen LogP contribution < -0.4 is 4.90 Å². The van der Waals surface area contributed by atoms with Gasteiger partial charge in [-0.3, -0.25) is 0 Å².